The Morgan fingerprint density at radius 1 is 1.40 bits per heavy atom. The second-order valence-electron chi connectivity index (χ2n) is 5.28. The lowest BCUT2D eigenvalue weighted by Gasteiger charge is -2.33. The highest BCUT2D eigenvalue weighted by Crippen LogP contribution is 2.09. The molecular formula is C15H23ClN3S+. The molecular weight excluding hydrogens is 290 g/mol. The molecule has 1 fully saturated rings. The normalized spacial score (nSPS) is 16.2. The van der Waals surface area contributed by atoms with E-state index in [-0.39, 0.29) is 0 Å². The third-order valence-corrected chi connectivity index (χ3v) is 4.26. The molecule has 1 aliphatic heterocycles. The van der Waals surface area contributed by atoms with Crippen LogP contribution in [0.3, 0.4) is 0 Å². The molecule has 1 aromatic carbocycles. The van der Waals surface area contributed by atoms with Crippen LogP contribution in [0.2, 0.25) is 5.02 Å². The molecule has 0 radical (unpaired) electrons. The average molecular weight is 313 g/mol. The molecule has 0 aromatic heterocycles. The lowest BCUT2D eigenvalue weighted by molar-refractivity contribution is -0.917. The van der Waals surface area contributed by atoms with Gasteiger partial charge in [-0.05, 0) is 30.8 Å². The Bertz CT molecular complexity index is 444. The molecule has 0 amide bonds. The summed E-state index contributed by atoms with van der Waals surface area (Å²) >= 11 is 11.4. The van der Waals surface area contributed by atoms with Crippen LogP contribution in [0.5, 0.6) is 0 Å². The zero-order valence-corrected chi connectivity index (χ0v) is 13.6. The van der Waals surface area contributed by atoms with Crippen LogP contribution in [0.1, 0.15) is 18.9 Å². The van der Waals surface area contributed by atoms with Crippen molar-refractivity contribution < 1.29 is 4.90 Å². The molecule has 1 heterocycles. The van der Waals surface area contributed by atoms with E-state index in [9.17, 15) is 0 Å². The van der Waals surface area contributed by atoms with Gasteiger partial charge in [-0.15, -0.1) is 0 Å². The fraction of sp³-hybridized carbons (Fsp3) is 0.533. The molecule has 1 aliphatic rings. The predicted molar refractivity (Wildman–Crippen MR) is 88.3 cm³/mol. The van der Waals surface area contributed by atoms with Crippen molar-refractivity contribution >= 4 is 28.9 Å². The minimum Gasteiger partial charge on any atom is -0.363 e. The highest BCUT2D eigenvalue weighted by atomic mass is 35.5. The van der Waals surface area contributed by atoms with Gasteiger partial charge >= 0.3 is 0 Å². The van der Waals surface area contributed by atoms with E-state index in [1.807, 2.05) is 12.1 Å². The van der Waals surface area contributed by atoms with Crippen LogP contribution < -0.4 is 10.2 Å². The van der Waals surface area contributed by atoms with Gasteiger partial charge in [-0.25, -0.2) is 0 Å². The van der Waals surface area contributed by atoms with E-state index in [1.165, 1.54) is 5.56 Å². The standard InChI is InChI=1S/C15H22ClN3S/c1-2-6-17-15(20)19-9-7-18(8-10-19)12-13-4-3-5-14(16)11-13/h3-5,11H,2,6-10,12H2,1H3,(H,17,20)/p+1. The summed E-state index contributed by atoms with van der Waals surface area (Å²) in [6.45, 7) is 8.48. The number of benzene rings is 1. The van der Waals surface area contributed by atoms with Crippen LogP contribution in [0.25, 0.3) is 0 Å². The third-order valence-electron chi connectivity index (χ3n) is 3.63. The Morgan fingerprint density at radius 2 is 2.15 bits per heavy atom. The first-order chi connectivity index (χ1) is 9.69. The van der Waals surface area contributed by atoms with Crippen LogP contribution in [0, 0.1) is 0 Å². The fourth-order valence-corrected chi connectivity index (χ4v) is 2.98. The number of thiocarbonyl (C=S) groups is 1. The first kappa shape index (κ1) is 15.5. The molecule has 5 heteroatoms. The molecule has 0 saturated carbocycles. The predicted octanol–water partition coefficient (Wildman–Crippen LogP) is 1.33. The number of nitrogens with zero attached hydrogens (tertiary/aromatic N) is 1. The van der Waals surface area contributed by atoms with Gasteiger partial charge in [-0.1, -0.05) is 30.7 Å². The molecule has 2 rings (SSSR count). The largest absolute Gasteiger partial charge is 0.363 e. The molecule has 0 atom stereocenters. The minimum atomic E-state index is 0.825. The Hall–Kier alpha value is -0.840. The summed E-state index contributed by atoms with van der Waals surface area (Å²) in [5.41, 5.74) is 1.31. The van der Waals surface area contributed by atoms with Crippen LogP contribution in [-0.4, -0.2) is 42.7 Å². The van der Waals surface area contributed by atoms with Crippen molar-refractivity contribution in [3.05, 3.63) is 34.9 Å². The summed E-state index contributed by atoms with van der Waals surface area (Å²) in [6, 6.07) is 8.17. The maximum atomic E-state index is 6.03. The highest BCUT2D eigenvalue weighted by Gasteiger charge is 2.21. The number of rotatable bonds is 4. The number of nitrogens with one attached hydrogen (secondary N) is 2. The quantitative estimate of drug-likeness (QED) is 0.818. The maximum absolute atomic E-state index is 6.03. The summed E-state index contributed by atoms with van der Waals surface area (Å²) < 4.78 is 0. The molecule has 0 spiro atoms. The van der Waals surface area contributed by atoms with E-state index in [0.29, 0.717) is 0 Å². The lowest BCUT2D eigenvalue weighted by Crippen LogP contribution is -3.13. The van der Waals surface area contributed by atoms with Crippen LogP contribution in [0.15, 0.2) is 24.3 Å². The molecule has 0 unspecified atom stereocenters. The summed E-state index contributed by atoms with van der Waals surface area (Å²) in [5, 5.41) is 5.04. The van der Waals surface area contributed by atoms with Crippen LogP contribution in [0.4, 0.5) is 0 Å². The fourth-order valence-electron chi connectivity index (χ4n) is 2.48. The van der Waals surface area contributed by atoms with E-state index >= 15 is 0 Å². The first-order valence-electron chi connectivity index (χ1n) is 7.30. The van der Waals surface area contributed by atoms with Gasteiger partial charge in [-0.3, -0.25) is 0 Å². The van der Waals surface area contributed by atoms with Gasteiger partial charge in [0.05, 0.1) is 26.2 Å². The van der Waals surface area contributed by atoms with Gasteiger partial charge in [-0.2, -0.15) is 0 Å². The van der Waals surface area contributed by atoms with E-state index in [4.69, 9.17) is 23.8 Å². The van der Waals surface area contributed by atoms with Crippen LogP contribution in [-0.2, 0) is 6.54 Å². The van der Waals surface area contributed by atoms with Gasteiger partial charge < -0.3 is 15.1 Å². The SMILES string of the molecule is CCCNC(=S)N1CC[NH+](Cc2cccc(Cl)c2)CC1. The molecule has 20 heavy (non-hydrogen) atoms. The third kappa shape index (κ3) is 4.62. The molecule has 2 N–H and O–H groups in total. The van der Waals surface area contributed by atoms with Crippen LogP contribution >= 0.6 is 23.8 Å². The zero-order chi connectivity index (χ0) is 14.4. The van der Waals surface area contributed by atoms with Gasteiger partial charge in [0.1, 0.15) is 6.54 Å². The van der Waals surface area contributed by atoms with Crippen molar-refractivity contribution in [2.24, 2.45) is 0 Å². The molecule has 0 bridgehead atoms. The molecule has 1 saturated heterocycles. The second-order valence-corrected chi connectivity index (χ2v) is 6.10. The molecule has 110 valence electrons. The number of hydrogen-bond acceptors (Lipinski definition) is 1. The van der Waals surface area contributed by atoms with Crippen molar-refractivity contribution in [2.45, 2.75) is 19.9 Å². The topological polar surface area (TPSA) is 19.7 Å². The van der Waals surface area contributed by atoms with Crippen molar-refractivity contribution in [1.29, 1.82) is 0 Å². The average Bonchev–Trinajstić information content (AvgIpc) is 2.45. The Morgan fingerprint density at radius 3 is 2.80 bits per heavy atom. The van der Waals surface area contributed by atoms with E-state index in [1.54, 1.807) is 4.90 Å². The summed E-state index contributed by atoms with van der Waals surface area (Å²) in [5.74, 6) is 0. The number of hydrogen-bond donors (Lipinski definition) is 2. The molecule has 3 nitrogen and oxygen atoms in total. The smallest absolute Gasteiger partial charge is 0.169 e. The summed E-state index contributed by atoms with van der Waals surface area (Å²) in [4.78, 5) is 3.88. The van der Waals surface area contributed by atoms with Crippen molar-refractivity contribution in [3.8, 4) is 0 Å². The highest BCUT2D eigenvalue weighted by molar-refractivity contribution is 7.80. The zero-order valence-electron chi connectivity index (χ0n) is 12.0. The number of piperazine rings is 1. The summed E-state index contributed by atoms with van der Waals surface area (Å²) in [7, 11) is 0. The lowest BCUT2D eigenvalue weighted by atomic mass is 10.2. The van der Waals surface area contributed by atoms with Gasteiger partial charge in [0.25, 0.3) is 0 Å². The monoisotopic (exact) mass is 312 g/mol. The van der Waals surface area contributed by atoms with Gasteiger partial charge in [0, 0.05) is 17.1 Å². The van der Waals surface area contributed by atoms with Crippen molar-refractivity contribution in [2.75, 3.05) is 32.7 Å². The van der Waals surface area contributed by atoms with E-state index in [2.05, 4.69) is 29.3 Å². The summed E-state index contributed by atoms with van der Waals surface area (Å²) in [6.07, 6.45) is 1.11. The minimum absolute atomic E-state index is 0.825. The Labute approximate surface area is 131 Å². The maximum Gasteiger partial charge on any atom is 0.169 e. The van der Waals surface area contributed by atoms with Gasteiger partial charge in [0.15, 0.2) is 5.11 Å². The Kier molecular flexibility index (Phi) is 6.07. The van der Waals surface area contributed by atoms with E-state index < -0.39 is 0 Å². The van der Waals surface area contributed by atoms with Crippen molar-refractivity contribution in [3.63, 3.8) is 0 Å². The van der Waals surface area contributed by atoms with Gasteiger partial charge in [0.2, 0.25) is 0 Å². The number of halogens is 1. The molecule has 0 aliphatic carbocycles. The molecule has 1 aromatic rings. The Balaban J connectivity index is 1.78. The number of quaternary nitrogens is 1. The second kappa shape index (κ2) is 7.81. The van der Waals surface area contributed by atoms with E-state index in [0.717, 1.165) is 55.8 Å². The first-order valence-corrected chi connectivity index (χ1v) is 8.08. The van der Waals surface area contributed by atoms with Crippen molar-refractivity contribution in [1.82, 2.24) is 10.2 Å².